The molecule has 1 aliphatic rings. The maximum Gasteiger partial charge on any atom is 0.416 e. The van der Waals surface area contributed by atoms with Crippen LogP contribution >= 0.6 is 0 Å². The first-order chi connectivity index (χ1) is 17.8. The number of piperidine rings is 1. The van der Waals surface area contributed by atoms with Crippen molar-refractivity contribution >= 4 is 10.9 Å². The van der Waals surface area contributed by atoms with Gasteiger partial charge in [0, 0.05) is 30.3 Å². The van der Waals surface area contributed by atoms with E-state index in [0.717, 1.165) is 36.0 Å². The van der Waals surface area contributed by atoms with E-state index in [0.29, 0.717) is 42.8 Å². The molecule has 37 heavy (non-hydrogen) atoms. The van der Waals surface area contributed by atoms with Crippen LogP contribution in [0.1, 0.15) is 42.1 Å². The van der Waals surface area contributed by atoms with Crippen LogP contribution in [0.3, 0.4) is 0 Å². The van der Waals surface area contributed by atoms with E-state index in [1.807, 2.05) is 12.1 Å². The lowest BCUT2D eigenvalue weighted by atomic mass is 9.81. The first-order valence-electron chi connectivity index (χ1n) is 12.3. The molecule has 0 spiro atoms. The molecule has 2 heterocycles. The molecular weight excluding hydrogens is 484 g/mol. The monoisotopic (exact) mass is 514 g/mol. The van der Waals surface area contributed by atoms with E-state index in [1.54, 1.807) is 25.4 Å². The molecule has 0 saturated carbocycles. The normalized spacial score (nSPS) is 19.3. The van der Waals surface area contributed by atoms with Crippen LogP contribution < -0.4 is 4.74 Å². The Morgan fingerprint density at radius 3 is 2.62 bits per heavy atom. The number of halogens is 4. The zero-order valence-corrected chi connectivity index (χ0v) is 20.6. The number of alkyl halides is 4. The Morgan fingerprint density at radius 2 is 1.92 bits per heavy atom. The zero-order valence-electron chi connectivity index (χ0n) is 20.6. The standard InChI is InChI=1S/C29H30F4N2O2/c1-37-24-9-11-28-26(17-24)25(12-14-34-28)27(30)10-6-21-13-16-35(18-22(21)19-36)15-2-3-20-4-7-23(8-5-20)29(31,32)33/h4-5,7-9,11-12,14,17,21-22,27,36H,6,10,13,15-16,18-19H2,1H3/t21-,22-,27?/m1/s1. The summed E-state index contributed by atoms with van der Waals surface area (Å²) < 4.78 is 58.7. The molecule has 1 fully saturated rings. The number of rotatable bonds is 7. The molecule has 0 amide bonds. The lowest BCUT2D eigenvalue weighted by molar-refractivity contribution is -0.137. The van der Waals surface area contributed by atoms with Crippen LogP contribution in [0.25, 0.3) is 10.9 Å². The molecule has 0 radical (unpaired) electrons. The average Bonchev–Trinajstić information content (AvgIpc) is 2.91. The summed E-state index contributed by atoms with van der Waals surface area (Å²) >= 11 is 0. The van der Waals surface area contributed by atoms with Gasteiger partial charge in [-0.1, -0.05) is 11.8 Å². The van der Waals surface area contributed by atoms with Crippen molar-refractivity contribution < 1.29 is 27.4 Å². The summed E-state index contributed by atoms with van der Waals surface area (Å²) in [5.41, 5.74) is 1.15. The molecule has 1 saturated heterocycles. The van der Waals surface area contributed by atoms with Gasteiger partial charge in [-0.15, -0.1) is 0 Å². The molecule has 1 aromatic heterocycles. The lowest BCUT2D eigenvalue weighted by Crippen LogP contribution is -2.42. The maximum atomic E-state index is 15.4. The second kappa shape index (κ2) is 11.9. The first-order valence-corrected chi connectivity index (χ1v) is 12.3. The molecule has 1 unspecified atom stereocenters. The highest BCUT2D eigenvalue weighted by molar-refractivity contribution is 5.83. The quantitative estimate of drug-likeness (QED) is 0.309. The van der Waals surface area contributed by atoms with E-state index in [9.17, 15) is 18.3 Å². The summed E-state index contributed by atoms with van der Waals surface area (Å²) in [6.45, 7) is 1.89. The number of aromatic nitrogens is 1. The number of aliphatic hydroxyl groups excluding tert-OH is 1. The number of ether oxygens (including phenoxy) is 1. The molecule has 4 nitrogen and oxygen atoms in total. The molecule has 4 rings (SSSR count). The van der Waals surface area contributed by atoms with Crippen LogP contribution in [0.2, 0.25) is 0 Å². The number of likely N-dealkylation sites (tertiary alicyclic amines) is 1. The SMILES string of the molecule is COc1ccc2nccc(C(F)CC[C@@H]3CCN(CC#Cc4ccc(C(F)(F)F)cc4)C[C@@H]3CO)c2c1. The molecule has 0 aliphatic carbocycles. The summed E-state index contributed by atoms with van der Waals surface area (Å²) in [6, 6.07) is 11.9. The van der Waals surface area contributed by atoms with Gasteiger partial charge in [0.15, 0.2) is 0 Å². The molecule has 196 valence electrons. The Morgan fingerprint density at radius 1 is 1.14 bits per heavy atom. The van der Waals surface area contributed by atoms with Crippen molar-refractivity contribution in [1.29, 1.82) is 0 Å². The second-order valence-electron chi connectivity index (χ2n) is 9.43. The van der Waals surface area contributed by atoms with E-state index in [4.69, 9.17) is 4.74 Å². The van der Waals surface area contributed by atoms with Crippen LogP contribution in [-0.2, 0) is 6.18 Å². The number of pyridine rings is 1. The van der Waals surface area contributed by atoms with Gasteiger partial charge in [-0.25, -0.2) is 4.39 Å². The fourth-order valence-corrected chi connectivity index (χ4v) is 4.95. The van der Waals surface area contributed by atoms with Gasteiger partial charge in [-0.05, 0) is 91.7 Å². The Hall–Kier alpha value is -3.15. The van der Waals surface area contributed by atoms with Gasteiger partial charge < -0.3 is 9.84 Å². The van der Waals surface area contributed by atoms with E-state index < -0.39 is 17.9 Å². The van der Waals surface area contributed by atoms with E-state index in [1.165, 1.54) is 12.1 Å². The molecule has 3 atom stereocenters. The van der Waals surface area contributed by atoms with Crippen molar-refractivity contribution in [1.82, 2.24) is 9.88 Å². The van der Waals surface area contributed by atoms with Gasteiger partial charge in [0.05, 0.1) is 24.7 Å². The summed E-state index contributed by atoms with van der Waals surface area (Å²) in [4.78, 5) is 6.45. The fourth-order valence-electron chi connectivity index (χ4n) is 4.95. The number of hydrogen-bond acceptors (Lipinski definition) is 4. The largest absolute Gasteiger partial charge is 0.497 e. The Bertz CT molecular complexity index is 1250. The van der Waals surface area contributed by atoms with Crippen molar-refractivity contribution in [2.24, 2.45) is 11.8 Å². The fraction of sp³-hybridized carbons (Fsp3) is 0.414. The van der Waals surface area contributed by atoms with E-state index in [2.05, 4.69) is 21.7 Å². The number of fused-ring (bicyclic) bond motifs is 1. The summed E-state index contributed by atoms with van der Waals surface area (Å²) in [5, 5.41) is 10.7. The molecule has 1 aliphatic heterocycles. The minimum Gasteiger partial charge on any atom is -0.497 e. The zero-order chi connectivity index (χ0) is 26.4. The maximum absolute atomic E-state index is 15.4. The highest BCUT2D eigenvalue weighted by Crippen LogP contribution is 2.35. The molecule has 1 N–H and O–H groups in total. The first kappa shape index (κ1) is 26.9. The minimum absolute atomic E-state index is 0.0137. The number of nitrogens with zero attached hydrogens (tertiary/aromatic N) is 2. The van der Waals surface area contributed by atoms with Crippen molar-refractivity contribution in [2.45, 2.75) is 31.6 Å². The van der Waals surface area contributed by atoms with Crippen LogP contribution in [0.5, 0.6) is 5.75 Å². The van der Waals surface area contributed by atoms with Crippen molar-refractivity contribution in [3.63, 3.8) is 0 Å². The number of hydrogen-bond donors (Lipinski definition) is 1. The van der Waals surface area contributed by atoms with Gasteiger partial charge in [-0.3, -0.25) is 9.88 Å². The molecule has 8 heteroatoms. The Balaban J connectivity index is 1.32. The predicted octanol–water partition coefficient (Wildman–Crippen LogP) is 6.04. The van der Waals surface area contributed by atoms with E-state index >= 15 is 4.39 Å². The number of aliphatic hydroxyl groups is 1. The van der Waals surface area contributed by atoms with Crippen LogP contribution in [-0.4, -0.2) is 48.3 Å². The molecular formula is C29H30F4N2O2. The van der Waals surface area contributed by atoms with Crippen LogP contribution in [0, 0.1) is 23.7 Å². The van der Waals surface area contributed by atoms with E-state index in [-0.39, 0.29) is 18.4 Å². The third-order valence-corrected chi connectivity index (χ3v) is 7.07. The second-order valence-corrected chi connectivity index (χ2v) is 9.43. The van der Waals surface area contributed by atoms with Gasteiger partial charge >= 0.3 is 6.18 Å². The third-order valence-electron chi connectivity index (χ3n) is 7.07. The van der Waals surface area contributed by atoms with Gasteiger partial charge in [0.2, 0.25) is 0 Å². The third kappa shape index (κ3) is 6.79. The minimum atomic E-state index is -4.36. The lowest BCUT2D eigenvalue weighted by Gasteiger charge is -2.37. The number of methoxy groups -OCH3 is 1. The molecule has 2 aromatic carbocycles. The van der Waals surface area contributed by atoms with Crippen LogP contribution in [0.15, 0.2) is 54.7 Å². The van der Waals surface area contributed by atoms with Crippen molar-refractivity contribution in [2.75, 3.05) is 33.4 Å². The summed E-state index contributed by atoms with van der Waals surface area (Å²) in [6.07, 6.45) is -2.06. The molecule has 0 bridgehead atoms. The smallest absolute Gasteiger partial charge is 0.416 e. The Labute approximate surface area is 214 Å². The molecule has 3 aromatic rings. The van der Waals surface area contributed by atoms with Gasteiger partial charge in [0.25, 0.3) is 0 Å². The topological polar surface area (TPSA) is 45.6 Å². The van der Waals surface area contributed by atoms with Crippen molar-refractivity contribution in [3.05, 3.63) is 71.4 Å². The highest BCUT2D eigenvalue weighted by atomic mass is 19.4. The summed E-state index contributed by atoms with van der Waals surface area (Å²) in [5.74, 6) is 6.81. The number of benzene rings is 2. The summed E-state index contributed by atoms with van der Waals surface area (Å²) in [7, 11) is 1.58. The van der Waals surface area contributed by atoms with Crippen molar-refractivity contribution in [3.8, 4) is 17.6 Å². The highest BCUT2D eigenvalue weighted by Gasteiger charge is 2.30. The van der Waals surface area contributed by atoms with Crippen LogP contribution in [0.4, 0.5) is 17.6 Å². The average molecular weight is 515 g/mol. The Kier molecular flexibility index (Phi) is 8.67. The predicted molar refractivity (Wildman–Crippen MR) is 135 cm³/mol. The van der Waals surface area contributed by atoms with Gasteiger partial charge in [-0.2, -0.15) is 13.2 Å². The van der Waals surface area contributed by atoms with Gasteiger partial charge in [0.1, 0.15) is 11.9 Å².